The van der Waals surface area contributed by atoms with Gasteiger partial charge in [-0.3, -0.25) is 24.0 Å². The molecule has 0 fully saturated rings. The number of carboxylic acids is 1. The number of nitrogens with two attached hydrogens (primary N) is 2. The number of aliphatic hydroxyl groups is 1. The second kappa shape index (κ2) is 10.1. The summed E-state index contributed by atoms with van der Waals surface area (Å²) in [6, 6.07) is -3.81. The SMILES string of the molecule is CC(NC(=O)C(CO)NC(=O)C(N)CC(N)=O)C(=O)NCC(=O)O. The van der Waals surface area contributed by atoms with Crippen LogP contribution in [0.5, 0.6) is 0 Å². The number of amides is 4. The summed E-state index contributed by atoms with van der Waals surface area (Å²) in [5.41, 5.74) is 10.3. The van der Waals surface area contributed by atoms with Crippen LogP contribution in [0.2, 0.25) is 0 Å². The van der Waals surface area contributed by atoms with E-state index in [1.165, 1.54) is 6.92 Å². The lowest BCUT2D eigenvalue weighted by molar-refractivity contribution is -0.138. The van der Waals surface area contributed by atoms with Gasteiger partial charge >= 0.3 is 5.97 Å². The van der Waals surface area contributed by atoms with E-state index in [-0.39, 0.29) is 0 Å². The third-order valence-electron chi connectivity index (χ3n) is 2.74. The molecule has 3 atom stereocenters. The smallest absolute Gasteiger partial charge is 0.322 e. The molecule has 136 valence electrons. The minimum absolute atomic E-state index is 0.445. The zero-order valence-electron chi connectivity index (χ0n) is 12.9. The summed E-state index contributed by atoms with van der Waals surface area (Å²) in [6.45, 7) is -0.129. The maximum Gasteiger partial charge on any atom is 0.322 e. The van der Waals surface area contributed by atoms with E-state index in [2.05, 4.69) is 16.0 Å². The fraction of sp³-hybridized carbons (Fsp3) is 0.583. The number of carboxylic acid groups (broad SMARTS) is 1. The monoisotopic (exact) mass is 347 g/mol. The van der Waals surface area contributed by atoms with Gasteiger partial charge in [0, 0.05) is 0 Å². The molecule has 0 aromatic heterocycles. The van der Waals surface area contributed by atoms with Gasteiger partial charge in [-0.15, -0.1) is 0 Å². The molecule has 0 radical (unpaired) electrons. The Kier molecular flexibility index (Phi) is 8.97. The number of carbonyl (C=O) groups is 5. The van der Waals surface area contributed by atoms with Crippen LogP contribution in [-0.2, 0) is 24.0 Å². The van der Waals surface area contributed by atoms with Crippen molar-refractivity contribution in [2.45, 2.75) is 31.5 Å². The molecule has 3 unspecified atom stereocenters. The molecule has 0 saturated heterocycles. The van der Waals surface area contributed by atoms with Crippen molar-refractivity contribution in [3.8, 4) is 0 Å². The molecule has 0 aliphatic heterocycles. The lowest BCUT2D eigenvalue weighted by atomic mass is 10.1. The second-order valence-corrected chi connectivity index (χ2v) is 4.86. The largest absolute Gasteiger partial charge is 0.480 e. The van der Waals surface area contributed by atoms with Gasteiger partial charge in [0.15, 0.2) is 0 Å². The van der Waals surface area contributed by atoms with Gasteiger partial charge in [-0.1, -0.05) is 0 Å². The van der Waals surface area contributed by atoms with Gasteiger partial charge in [-0.25, -0.2) is 0 Å². The molecule has 0 rings (SSSR count). The van der Waals surface area contributed by atoms with Gasteiger partial charge < -0.3 is 37.6 Å². The number of nitrogens with one attached hydrogen (secondary N) is 3. The fourth-order valence-corrected chi connectivity index (χ4v) is 1.48. The van der Waals surface area contributed by atoms with E-state index >= 15 is 0 Å². The average Bonchev–Trinajstić information content (AvgIpc) is 2.48. The Bertz CT molecular complexity index is 510. The highest BCUT2D eigenvalue weighted by Crippen LogP contribution is 1.92. The van der Waals surface area contributed by atoms with Crippen LogP contribution in [0.4, 0.5) is 0 Å². The molecule has 12 nitrogen and oxygen atoms in total. The Balaban J connectivity index is 4.58. The van der Waals surface area contributed by atoms with Crippen LogP contribution in [0.15, 0.2) is 0 Å². The molecule has 4 amide bonds. The van der Waals surface area contributed by atoms with E-state index in [0.29, 0.717) is 0 Å². The number of carbonyl (C=O) groups excluding carboxylic acids is 4. The highest BCUT2D eigenvalue weighted by Gasteiger charge is 2.26. The molecule has 0 heterocycles. The third-order valence-corrected chi connectivity index (χ3v) is 2.74. The van der Waals surface area contributed by atoms with Crippen molar-refractivity contribution in [3.05, 3.63) is 0 Å². The molecule has 0 saturated carbocycles. The molecule has 0 aliphatic carbocycles. The van der Waals surface area contributed by atoms with E-state index in [9.17, 15) is 24.0 Å². The Hall–Kier alpha value is -2.73. The van der Waals surface area contributed by atoms with Crippen molar-refractivity contribution < 1.29 is 34.2 Å². The number of hydrogen-bond acceptors (Lipinski definition) is 7. The van der Waals surface area contributed by atoms with Crippen LogP contribution in [-0.4, -0.2) is 71.1 Å². The van der Waals surface area contributed by atoms with Crippen molar-refractivity contribution in [1.29, 1.82) is 0 Å². The minimum Gasteiger partial charge on any atom is -0.480 e. The molecular weight excluding hydrogens is 326 g/mol. The molecule has 12 heteroatoms. The summed E-state index contributed by atoms with van der Waals surface area (Å²) in [7, 11) is 0. The summed E-state index contributed by atoms with van der Waals surface area (Å²) in [4.78, 5) is 56.1. The van der Waals surface area contributed by atoms with E-state index < -0.39 is 67.3 Å². The van der Waals surface area contributed by atoms with Gasteiger partial charge in [0.25, 0.3) is 0 Å². The Labute approximate surface area is 136 Å². The van der Waals surface area contributed by atoms with E-state index in [0.717, 1.165) is 0 Å². The zero-order valence-corrected chi connectivity index (χ0v) is 12.9. The average molecular weight is 347 g/mol. The predicted molar refractivity (Wildman–Crippen MR) is 79.1 cm³/mol. The topological polar surface area (TPSA) is 214 Å². The molecule has 24 heavy (non-hydrogen) atoms. The van der Waals surface area contributed by atoms with Crippen LogP contribution in [0.25, 0.3) is 0 Å². The predicted octanol–water partition coefficient (Wildman–Crippen LogP) is -4.63. The second-order valence-electron chi connectivity index (χ2n) is 4.86. The minimum atomic E-state index is -1.41. The van der Waals surface area contributed by atoms with Crippen LogP contribution in [0.1, 0.15) is 13.3 Å². The molecule has 0 aliphatic rings. The first-order valence-corrected chi connectivity index (χ1v) is 6.83. The van der Waals surface area contributed by atoms with Gasteiger partial charge in [-0.05, 0) is 6.92 Å². The first kappa shape index (κ1) is 21.3. The maximum atomic E-state index is 11.9. The fourth-order valence-electron chi connectivity index (χ4n) is 1.48. The van der Waals surface area contributed by atoms with E-state index in [4.69, 9.17) is 21.7 Å². The molecule has 0 aromatic carbocycles. The van der Waals surface area contributed by atoms with Gasteiger partial charge in [0.2, 0.25) is 23.6 Å². The lowest BCUT2D eigenvalue weighted by Gasteiger charge is -2.20. The number of aliphatic hydroxyl groups excluding tert-OH is 1. The summed E-state index contributed by atoms with van der Waals surface area (Å²) < 4.78 is 0. The quantitative estimate of drug-likeness (QED) is 0.203. The molecule has 9 N–H and O–H groups in total. The maximum absolute atomic E-state index is 11.9. The highest BCUT2D eigenvalue weighted by molar-refractivity contribution is 5.94. The number of primary amides is 1. The highest BCUT2D eigenvalue weighted by atomic mass is 16.4. The van der Waals surface area contributed by atoms with Gasteiger partial charge in [0.1, 0.15) is 18.6 Å². The first-order valence-electron chi connectivity index (χ1n) is 6.83. The number of aliphatic carboxylic acids is 1. The van der Waals surface area contributed by atoms with Crippen molar-refractivity contribution in [2.75, 3.05) is 13.2 Å². The number of hydrogen-bond donors (Lipinski definition) is 7. The Morgan fingerprint density at radius 1 is 1.04 bits per heavy atom. The molecule has 0 spiro atoms. The van der Waals surface area contributed by atoms with Crippen LogP contribution in [0, 0.1) is 0 Å². The van der Waals surface area contributed by atoms with Crippen LogP contribution < -0.4 is 27.4 Å². The van der Waals surface area contributed by atoms with Gasteiger partial charge in [-0.2, -0.15) is 0 Å². The van der Waals surface area contributed by atoms with Gasteiger partial charge in [0.05, 0.1) is 19.1 Å². The third kappa shape index (κ3) is 8.05. The van der Waals surface area contributed by atoms with Crippen molar-refractivity contribution >= 4 is 29.6 Å². The van der Waals surface area contributed by atoms with Crippen molar-refractivity contribution in [1.82, 2.24) is 16.0 Å². The summed E-state index contributed by atoms with van der Waals surface area (Å²) in [6.07, 6.45) is -0.445. The summed E-state index contributed by atoms with van der Waals surface area (Å²) in [5.74, 6) is -4.61. The van der Waals surface area contributed by atoms with E-state index in [1.54, 1.807) is 0 Å². The molecule has 0 bridgehead atoms. The zero-order chi connectivity index (χ0) is 18.9. The van der Waals surface area contributed by atoms with Crippen molar-refractivity contribution in [2.24, 2.45) is 11.5 Å². The lowest BCUT2D eigenvalue weighted by Crippen LogP contribution is -2.56. The normalized spacial score (nSPS) is 14.0. The Morgan fingerprint density at radius 3 is 2.08 bits per heavy atom. The standard InChI is InChI=1S/C12H21N5O7/c1-5(10(22)15-3-9(20)21)16-12(24)7(4-18)17-11(23)6(13)2-8(14)19/h5-7,18H,2-4,13H2,1H3,(H2,14,19)(H,15,22)(H,16,24)(H,17,23)(H,20,21). The molecule has 0 aromatic rings. The number of rotatable bonds is 10. The summed E-state index contributed by atoms with van der Waals surface area (Å²) >= 11 is 0. The van der Waals surface area contributed by atoms with Crippen LogP contribution >= 0.6 is 0 Å². The Morgan fingerprint density at radius 2 is 1.62 bits per heavy atom. The molecular formula is C12H21N5O7. The summed E-state index contributed by atoms with van der Waals surface area (Å²) in [5, 5.41) is 23.9. The van der Waals surface area contributed by atoms with Crippen molar-refractivity contribution in [3.63, 3.8) is 0 Å². The van der Waals surface area contributed by atoms with E-state index in [1.807, 2.05) is 0 Å². The first-order chi connectivity index (χ1) is 11.1. The van der Waals surface area contributed by atoms with Crippen LogP contribution in [0.3, 0.4) is 0 Å².